The van der Waals surface area contributed by atoms with E-state index >= 15 is 0 Å². The number of carbonyl (C=O) groups is 2. The molecule has 2 aromatic carbocycles. The summed E-state index contributed by atoms with van der Waals surface area (Å²) in [6.07, 6.45) is -0.227. The van der Waals surface area contributed by atoms with Gasteiger partial charge in [0.2, 0.25) is 11.8 Å². The second-order valence-electron chi connectivity index (χ2n) is 9.11. The number of hydrogen-bond acceptors (Lipinski definition) is 7. The molecule has 0 spiro atoms. The Morgan fingerprint density at radius 3 is 2.62 bits per heavy atom. The highest BCUT2D eigenvalue weighted by molar-refractivity contribution is 5.96. The van der Waals surface area contributed by atoms with Gasteiger partial charge in [-0.15, -0.1) is 0 Å². The molecule has 0 saturated carbocycles. The second-order valence-corrected chi connectivity index (χ2v) is 9.11. The molecule has 0 fully saturated rings. The molecule has 9 nitrogen and oxygen atoms in total. The Kier molecular flexibility index (Phi) is 8.11. The molecular weight excluding hydrogens is 483 g/mol. The number of nitrogens with one attached hydrogen (secondary N) is 1. The molecule has 37 heavy (non-hydrogen) atoms. The molecule has 2 aromatic rings. The Labute approximate surface area is 214 Å². The smallest absolute Gasteiger partial charge is 0.247 e. The van der Waals surface area contributed by atoms with Crippen molar-refractivity contribution in [2.75, 3.05) is 26.8 Å². The number of halogens is 1. The standard InChI is InChI=1S/C27H31FN2O7/c1-15(33)30(8-6-16-4-3-5-18(28)10-16)21-13-20(27(35)29-7-9-31)23-19-11-17(14-32)12-22(36-2)25(19)37-26(23)24(21)34/h3-5,10-13,21,23-24,26,31-32,34H,6-9,14H2,1-2H3,(H,29,35)/t21-,23+,24+,26+/m1/s1. The molecule has 2 aliphatic rings. The summed E-state index contributed by atoms with van der Waals surface area (Å²) in [5, 5.41) is 33.1. The maximum absolute atomic E-state index is 13.7. The van der Waals surface area contributed by atoms with Crippen molar-refractivity contribution in [2.45, 2.75) is 44.1 Å². The summed E-state index contributed by atoms with van der Waals surface area (Å²) in [7, 11) is 1.45. The summed E-state index contributed by atoms with van der Waals surface area (Å²) in [5.74, 6) is -1.19. The van der Waals surface area contributed by atoms with Gasteiger partial charge in [-0.2, -0.15) is 0 Å². The lowest BCUT2D eigenvalue weighted by molar-refractivity contribution is -0.134. The van der Waals surface area contributed by atoms with Crippen molar-refractivity contribution in [2.24, 2.45) is 0 Å². The molecule has 0 saturated heterocycles. The summed E-state index contributed by atoms with van der Waals surface area (Å²) in [4.78, 5) is 27.4. The fourth-order valence-corrected chi connectivity index (χ4v) is 5.08. The summed E-state index contributed by atoms with van der Waals surface area (Å²) >= 11 is 0. The second kappa shape index (κ2) is 11.3. The summed E-state index contributed by atoms with van der Waals surface area (Å²) in [5.41, 5.74) is 2.07. The van der Waals surface area contributed by atoms with Crippen molar-refractivity contribution in [3.63, 3.8) is 0 Å². The van der Waals surface area contributed by atoms with Gasteiger partial charge in [0, 0.05) is 31.1 Å². The molecular formula is C27H31FN2O7. The van der Waals surface area contributed by atoms with Gasteiger partial charge < -0.3 is 35.0 Å². The van der Waals surface area contributed by atoms with Crippen molar-refractivity contribution in [1.82, 2.24) is 10.2 Å². The van der Waals surface area contributed by atoms with Crippen LogP contribution in [0.25, 0.3) is 0 Å². The number of aliphatic hydroxyl groups is 3. The van der Waals surface area contributed by atoms with E-state index in [-0.39, 0.29) is 43.6 Å². The number of benzene rings is 2. The minimum Gasteiger partial charge on any atom is -0.493 e. The van der Waals surface area contributed by atoms with Crippen LogP contribution in [0, 0.1) is 5.82 Å². The maximum atomic E-state index is 13.7. The van der Waals surface area contributed by atoms with E-state index in [1.165, 1.54) is 31.1 Å². The van der Waals surface area contributed by atoms with E-state index in [0.29, 0.717) is 34.6 Å². The summed E-state index contributed by atoms with van der Waals surface area (Å²) in [6, 6.07) is 8.48. The summed E-state index contributed by atoms with van der Waals surface area (Å²) in [6.45, 7) is 1.03. The lowest BCUT2D eigenvalue weighted by atomic mass is 9.77. The monoisotopic (exact) mass is 514 g/mol. The zero-order valence-corrected chi connectivity index (χ0v) is 20.7. The molecule has 1 aliphatic heterocycles. The van der Waals surface area contributed by atoms with E-state index in [4.69, 9.17) is 9.47 Å². The molecule has 1 heterocycles. The third-order valence-corrected chi connectivity index (χ3v) is 6.79. The van der Waals surface area contributed by atoms with Crippen LogP contribution in [0.5, 0.6) is 11.5 Å². The van der Waals surface area contributed by atoms with Crippen molar-refractivity contribution in [3.05, 3.63) is 70.6 Å². The van der Waals surface area contributed by atoms with Crippen LogP contribution in [0.1, 0.15) is 29.5 Å². The van der Waals surface area contributed by atoms with E-state index in [9.17, 15) is 29.3 Å². The first-order valence-corrected chi connectivity index (χ1v) is 12.1. The van der Waals surface area contributed by atoms with Crippen molar-refractivity contribution in [1.29, 1.82) is 0 Å². The number of rotatable bonds is 9. The lowest BCUT2D eigenvalue weighted by Crippen LogP contribution is -2.55. The Morgan fingerprint density at radius 2 is 1.97 bits per heavy atom. The number of ether oxygens (including phenoxy) is 2. The number of methoxy groups -OCH3 is 1. The molecule has 0 unspecified atom stereocenters. The largest absolute Gasteiger partial charge is 0.493 e. The average molecular weight is 515 g/mol. The van der Waals surface area contributed by atoms with Gasteiger partial charge >= 0.3 is 0 Å². The van der Waals surface area contributed by atoms with Gasteiger partial charge in [-0.1, -0.05) is 12.1 Å². The number of hydrogen-bond donors (Lipinski definition) is 4. The average Bonchev–Trinajstić information content (AvgIpc) is 3.27. The molecule has 4 atom stereocenters. The minimum atomic E-state index is -1.20. The highest BCUT2D eigenvalue weighted by Crippen LogP contribution is 2.51. The Hall–Kier alpha value is -3.47. The third kappa shape index (κ3) is 5.31. The number of nitrogens with zero attached hydrogens (tertiary/aromatic N) is 1. The Bertz CT molecular complexity index is 1200. The zero-order valence-electron chi connectivity index (χ0n) is 20.7. The van der Waals surface area contributed by atoms with Gasteiger partial charge in [0.05, 0.1) is 32.3 Å². The molecule has 0 aromatic heterocycles. The highest BCUT2D eigenvalue weighted by atomic mass is 19.1. The van der Waals surface area contributed by atoms with Crippen LogP contribution < -0.4 is 14.8 Å². The van der Waals surface area contributed by atoms with E-state index in [1.54, 1.807) is 30.3 Å². The van der Waals surface area contributed by atoms with Crippen LogP contribution in [-0.2, 0) is 22.6 Å². The van der Waals surface area contributed by atoms with Gasteiger partial charge in [-0.05, 0) is 47.9 Å². The van der Waals surface area contributed by atoms with Gasteiger partial charge in [-0.3, -0.25) is 9.59 Å². The fraction of sp³-hybridized carbons (Fsp3) is 0.407. The molecule has 1 aliphatic carbocycles. The van der Waals surface area contributed by atoms with Crippen LogP contribution in [-0.4, -0.2) is 77.1 Å². The normalized spacial score (nSPS) is 21.8. The number of carbonyl (C=O) groups excluding carboxylic acids is 2. The number of aliphatic hydroxyl groups excluding tert-OH is 3. The van der Waals surface area contributed by atoms with Crippen LogP contribution in [0.2, 0.25) is 0 Å². The first-order valence-electron chi connectivity index (χ1n) is 12.1. The van der Waals surface area contributed by atoms with Gasteiger partial charge in [0.25, 0.3) is 0 Å². The summed E-state index contributed by atoms with van der Waals surface area (Å²) < 4.78 is 25.3. The van der Waals surface area contributed by atoms with Crippen molar-refractivity contribution >= 4 is 11.8 Å². The lowest BCUT2D eigenvalue weighted by Gasteiger charge is -2.40. The topological polar surface area (TPSA) is 129 Å². The zero-order chi connectivity index (χ0) is 26.7. The van der Waals surface area contributed by atoms with Crippen LogP contribution in [0.15, 0.2) is 48.0 Å². The van der Waals surface area contributed by atoms with E-state index in [0.717, 1.165) is 0 Å². The molecule has 10 heteroatoms. The quantitative estimate of drug-likeness (QED) is 0.394. The minimum absolute atomic E-state index is 0.0183. The van der Waals surface area contributed by atoms with Gasteiger partial charge in [-0.25, -0.2) is 4.39 Å². The fourth-order valence-electron chi connectivity index (χ4n) is 5.08. The predicted octanol–water partition coefficient (Wildman–Crippen LogP) is 1.04. The van der Waals surface area contributed by atoms with E-state index < -0.39 is 30.1 Å². The van der Waals surface area contributed by atoms with Gasteiger partial charge in [0.1, 0.15) is 18.0 Å². The maximum Gasteiger partial charge on any atom is 0.247 e. The molecule has 198 valence electrons. The van der Waals surface area contributed by atoms with Crippen molar-refractivity contribution < 1.29 is 38.8 Å². The molecule has 0 radical (unpaired) electrons. The number of fused-ring (bicyclic) bond motifs is 3. The first kappa shape index (κ1) is 26.6. The Morgan fingerprint density at radius 1 is 1.19 bits per heavy atom. The van der Waals surface area contributed by atoms with E-state index in [2.05, 4.69) is 5.32 Å². The predicted molar refractivity (Wildman–Crippen MR) is 132 cm³/mol. The van der Waals surface area contributed by atoms with Crippen molar-refractivity contribution in [3.8, 4) is 11.5 Å². The first-order chi connectivity index (χ1) is 17.8. The third-order valence-electron chi connectivity index (χ3n) is 6.79. The number of amides is 2. The van der Waals surface area contributed by atoms with E-state index in [1.807, 2.05) is 0 Å². The Balaban J connectivity index is 1.73. The SMILES string of the molecule is COc1cc(CO)cc2c1O[C@@H]1[C@@H](O)[C@H](N(CCc3cccc(F)c3)C(C)=O)C=C(C(=O)NCCO)[C@H]21. The van der Waals surface area contributed by atoms with Crippen LogP contribution in [0.4, 0.5) is 4.39 Å². The van der Waals surface area contributed by atoms with Gasteiger partial charge in [0.15, 0.2) is 11.5 Å². The van der Waals surface area contributed by atoms with Crippen LogP contribution in [0.3, 0.4) is 0 Å². The molecule has 4 rings (SSSR count). The highest BCUT2D eigenvalue weighted by Gasteiger charge is 2.51. The molecule has 0 bridgehead atoms. The van der Waals surface area contributed by atoms with Crippen LogP contribution >= 0.6 is 0 Å². The molecule has 2 amide bonds. The molecule has 4 N–H and O–H groups in total.